The molecule has 0 radical (unpaired) electrons. The quantitative estimate of drug-likeness (QED) is 0.752. The normalized spacial score (nSPS) is 10.3. The number of carbonyl (C=O) groups excluding carboxylic acids is 1. The van der Waals surface area contributed by atoms with E-state index in [0.29, 0.717) is 28.7 Å². The highest BCUT2D eigenvalue weighted by Gasteiger charge is 2.11. The van der Waals surface area contributed by atoms with Crippen molar-refractivity contribution < 1.29 is 4.79 Å². The van der Waals surface area contributed by atoms with E-state index in [0.717, 1.165) is 5.82 Å². The Labute approximate surface area is 113 Å². The number of carbonyl (C=O) groups is 1. The minimum Gasteiger partial charge on any atom is -0.398 e. The summed E-state index contributed by atoms with van der Waals surface area (Å²) in [5.74, 6) is 0.697. The van der Waals surface area contributed by atoms with Crippen LogP contribution in [0.15, 0.2) is 35.1 Å². The highest BCUT2D eigenvalue weighted by molar-refractivity contribution is 9.10. The molecule has 6 heteroatoms. The van der Waals surface area contributed by atoms with Crippen LogP contribution in [0.1, 0.15) is 16.2 Å². The van der Waals surface area contributed by atoms with E-state index in [1.165, 1.54) is 0 Å². The number of aromatic nitrogens is 2. The molecule has 0 aliphatic rings. The first-order valence-corrected chi connectivity index (χ1v) is 6.28. The monoisotopic (exact) mass is 308 g/mol. The first-order valence-electron chi connectivity index (χ1n) is 5.49. The summed E-state index contributed by atoms with van der Waals surface area (Å²) in [4.78, 5) is 19.0. The number of rotatable bonds is 4. The lowest BCUT2D eigenvalue weighted by Crippen LogP contribution is -2.26. The molecular weight excluding hydrogens is 296 g/mol. The first kappa shape index (κ1) is 12.6. The van der Waals surface area contributed by atoms with Crippen molar-refractivity contribution in [3.05, 3.63) is 46.5 Å². The minimum absolute atomic E-state index is 0.152. The van der Waals surface area contributed by atoms with Crippen LogP contribution in [-0.2, 0) is 6.42 Å². The fourth-order valence-corrected chi connectivity index (χ4v) is 1.99. The molecule has 4 N–H and O–H groups in total. The van der Waals surface area contributed by atoms with Crippen LogP contribution in [0.3, 0.4) is 0 Å². The van der Waals surface area contributed by atoms with Gasteiger partial charge in [0.25, 0.3) is 5.91 Å². The standard InChI is InChI=1S/C12H13BrN4O/c13-11-8(2-1-3-9(11)14)12(18)17-5-4-10-15-6-7-16-10/h1-3,6-7H,4-5,14H2,(H,15,16)(H,17,18). The molecule has 0 aliphatic heterocycles. The number of H-pyrrole nitrogens is 1. The van der Waals surface area contributed by atoms with Crippen molar-refractivity contribution in [1.29, 1.82) is 0 Å². The second-order valence-electron chi connectivity index (χ2n) is 3.75. The SMILES string of the molecule is Nc1cccc(C(=O)NCCc2ncc[nH]2)c1Br. The average molecular weight is 309 g/mol. The van der Waals surface area contributed by atoms with Gasteiger partial charge in [-0.2, -0.15) is 0 Å². The fourth-order valence-electron chi connectivity index (χ4n) is 1.55. The maximum atomic E-state index is 11.9. The molecule has 0 saturated carbocycles. The number of halogens is 1. The van der Waals surface area contributed by atoms with Gasteiger partial charge >= 0.3 is 0 Å². The molecule has 0 aliphatic carbocycles. The molecule has 5 nitrogen and oxygen atoms in total. The highest BCUT2D eigenvalue weighted by atomic mass is 79.9. The molecule has 1 aromatic heterocycles. The van der Waals surface area contributed by atoms with Crippen LogP contribution in [0.2, 0.25) is 0 Å². The molecule has 94 valence electrons. The van der Waals surface area contributed by atoms with Gasteiger partial charge in [-0.1, -0.05) is 6.07 Å². The summed E-state index contributed by atoms with van der Waals surface area (Å²) in [6, 6.07) is 5.22. The third kappa shape index (κ3) is 2.89. The lowest BCUT2D eigenvalue weighted by Gasteiger charge is -2.07. The largest absolute Gasteiger partial charge is 0.398 e. The van der Waals surface area contributed by atoms with E-state index in [1.54, 1.807) is 30.6 Å². The lowest BCUT2D eigenvalue weighted by molar-refractivity contribution is 0.0953. The van der Waals surface area contributed by atoms with Gasteiger partial charge in [0.1, 0.15) is 5.82 Å². The van der Waals surface area contributed by atoms with Gasteiger partial charge in [-0.15, -0.1) is 0 Å². The van der Waals surface area contributed by atoms with Crippen LogP contribution < -0.4 is 11.1 Å². The molecule has 2 rings (SSSR count). The summed E-state index contributed by atoms with van der Waals surface area (Å²) >= 11 is 3.31. The second kappa shape index (κ2) is 5.68. The molecule has 1 aromatic carbocycles. The molecule has 0 atom stereocenters. The Morgan fingerprint density at radius 3 is 3.06 bits per heavy atom. The molecule has 0 bridgehead atoms. The Balaban J connectivity index is 1.93. The number of hydrogen-bond acceptors (Lipinski definition) is 3. The van der Waals surface area contributed by atoms with E-state index in [2.05, 4.69) is 31.2 Å². The highest BCUT2D eigenvalue weighted by Crippen LogP contribution is 2.23. The van der Waals surface area contributed by atoms with Gasteiger partial charge in [0.05, 0.1) is 10.0 Å². The maximum Gasteiger partial charge on any atom is 0.252 e. The molecule has 1 heterocycles. The van der Waals surface area contributed by atoms with E-state index in [-0.39, 0.29) is 5.91 Å². The van der Waals surface area contributed by atoms with Crippen molar-refractivity contribution in [2.45, 2.75) is 6.42 Å². The van der Waals surface area contributed by atoms with Crippen LogP contribution >= 0.6 is 15.9 Å². The lowest BCUT2D eigenvalue weighted by atomic mass is 10.2. The van der Waals surface area contributed by atoms with Gasteiger partial charge < -0.3 is 16.0 Å². The summed E-state index contributed by atoms with van der Waals surface area (Å²) in [5.41, 5.74) is 6.81. The molecular formula is C12H13BrN4O. The van der Waals surface area contributed by atoms with Crippen LogP contribution in [0, 0.1) is 0 Å². The van der Waals surface area contributed by atoms with Crippen molar-refractivity contribution >= 4 is 27.5 Å². The number of aromatic amines is 1. The van der Waals surface area contributed by atoms with Crippen LogP contribution in [0.25, 0.3) is 0 Å². The predicted octanol–water partition coefficient (Wildman–Crippen LogP) is 1.73. The molecule has 0 spiro atoms. The van der Waals surface area contributed by atoms with Crippen LogP contribution in [0.5, 0.6) is 0 Å². The zero-order chi connectivity index (χ0) is 13.0. The molecule has 2 aromatic rings. The Bertz CT molecular complexity index is 539. The zero-order valence-corrected chi connectivity index (χ0v) is 11.2. The van der Waals surface area contributed by atoms with E-state index in [4.69, 9.17) is 5.73 Å². The number of benzene rings is 1. The topological polar surface area (TPSA) is 83.8 Å². The number of hydrogen-bond donors (Lipinski definition) is 3. The van der Waals surface area contributed by atoms with Crippen LogP contribution in [0.4, 0.5) is 5.69 Å². The van der Waals surface area contributed by atoms with Crippen molar-refractivity contribution in [2.24, 2.45) is 0 Å². The van der Waals surface area contributed by atoms with Crippen molar-refractivity contribution in [3.8, 4) is 0 Å². The van der Waals surface area contributed by atoms with Gasteiger partial charge in [0, 0.05) is 31.0 Å². The number of anilines is 1. The summed E-state index contributed by atoms with van der Waals surface area (Å²) in [6.07, 6.45) is 4.11. The van der Waals surface area contributed by atoms with Crippen LogP contribution in [-0.4, -0.2) is 22.4 Å². The summed E-state index contributed by atoms with van der Waals surface area (Å²) in [5, 5.41) is 2.82. The summed E-state index contributed by atoms with van der Waals surface area (Å²) in [7, 11) is 0. The Hall–Kier alpha value is -1.82. The van der Waals surface area contributed by atoms with Crippen molar-refractivity contribution in [1.82, 2.24) is 15.3 Å². The number of nitrogens with zero attached hydrogens (tertiary/aromatic N) is 1. The Morgan fingerprint density at radius 2 is 2.33 bits per heavy atom. The number of imidazole rings is 1. The third-order valence-electron chi connectivity index (χ3n) is 2.48. The minimum atomic E-state index is -0.152. The smallest absolute Gasteiger partial charge is 0.252 e. The number of amides is 1. The summed E-state index contributed by atoms with van der Waals surface area (Å²) < 4.78 is 0.625. The van der Waals surface area contributed by atoms with Crippen molar-refractivity contribution in [3.63, 3.8) is 0 Å². The molecule has 0 unspecified atom stereocenters. The second-order valence-corrected chi connectivity index (χ2v) is 4.54. The van der Waals surface area contributed by atoms with E-state index >= 15 is 0 Å². The third-order valence-corrected chi connectivity index (χ3v) is 3.36. The Kier molecular flexibility index (Phi) is 3.99. The molecule has 1 amide bonds. The number of nitrogens with one attached hydrogen (secondary N) is 2. The first-order chi connectivity index (χ1) is 8.68. The van der Waals surface area contributed by atoms with E-state index in [1.807, 2.05) is 0 Å². The van der Waals surface area contributed by atoms with Crippen molar-refractivity contribution in [2.75, 3.05) is 12.3 Å². The van der Waals surface area contributed by atoms with Gasteiger partial charge in [0.2, 0.25) is 0 Å². The van der Waals surface area contributed by atoms with E-state index in [9.17, 15) is 4.79 Å². The average Bonchev–Trinajstić information content (AvgIpc) is 2.85. The molecule has 0 fully saturated rings. The maximum absolute atomic E-state index is 11.9. The molecule has 0 saturated heterocycles. The molecule has 18 heavy (non-hydrogen) atoms. The Morgan fingerprint density at radius 1 is 1.50 bits per heavy atom. The fraction of sp³-hybridized carbons (Fsp3) is 0.167. The van der Waals surface area contributed by atoms with Gasteiger partial charge in [-0.25, -0.2) is 4.98 Å². The number of nitrogens with two attached hydrogens (primary N) is 1. The van der Waals surface area contributed by atoms with Gasteiger partial charge in [-0.05, 0) is 28.1 Å². The zero-order valence-electron chi connectivity index (χ0n) is 9.61. The van der Waals surface area contributed by atoms with Gasteiger partial charge in [-0.3, -0.25) is 4.79 Å². The number of nitrogen functional groups attached to an aromatic ring is 1. The van der Waals surface area contributed by atoms with Gasteiger partial charge in [0.15, 0.2) is 0 Å². The van der Waals surface area contributed by atoms with E-state index < -0.39 is 0 Å². The predicted molar refractivity (Wildman–Crippen MR) is 73.2 cm³/mol. The summed E-state index contributed by atoms with van der Waals surface area (Å²) in [6.45, 7) is 0.521.